The predicted molar refractivity (Wildman–Crippen MR) is 85.3 cm³/mol. The van der Waals surface area contributed by atoms with Crippen LogP contribution in [0, 0.1) is 0 Å². The first-order chi connectivity index (χ1) is 11.1. The van der Waals surface area contributed by atoms with Gasteiger partial charge in [0.05, 0.1) is 32.6 Å². The molecular weight excluding hydrogens is 298 g/mol. The molecule has 0 spiro atoms. The Morgan fingerprint density at radius 1 is 0.870 bits per heavy atom. The molecule has 0 aliphatic carbocycles. The maximum atomic E-state index is 12.3. The molecule has 0 unspecified atom stereocenters. The van der Waals surface area contributed by atoms with Crippen molar-refractivity contribution in [2.75, 3.05) is 26.6 Å². The molecule has 0 heterocycles. The first kappa shape index (κ1) is 16.4. The molecule has 2 aromatic rings. The Labute approximate surface area is 134 Å². The number of nitrogens with one attached hydrogen (secondary N) is 1. The van der Waals surface area contributed by atoms with E-state index in [0.29, 0.717) is 28.3 Å². The Morgan fingerprint density at radius 2 is 1.52 bits per heavy atom. The molecule has 0 radical (unpaired) electrons. The number of benzene rings is 2. The van der Waals surface area contributed by atoms with E-state index in [9.17, 15) is 9.59 Å². The van der Waals surface area contributed by atoms with Crippen LogP contribution in [0.2, 0.25) is 0 Å². The number of rotatable bonds is 5. The van der Waals surface area contributed by atoms with Crippen molar-refractivity contribution in [1.29, 1.82) is 0 Å². The second-order valence-corrected chi connectivity index (χ2v) is 4.59. The van der Waals surface area contributed by atoms with Crippen molar-refractivity contribution in [3.8, 4) is 11.5 Å². The molecule has 1 N–H and O–H groups in total. The van der Waals surface area contributed by atoms with Crippen LogP contribution in [0.15, 0.2) is 42.5 Å². The lowest BCUT2D eigenvalue weighted by molar-refractivity contribution is 0.0600. The summed E-state index contributed by atoms with van der Waals surface area (Å²) in [5.41, 5.74) is 1.32. The summed E-state index contributed by atoms with van der Waals surface area (Å²) in [5, 5.41) is 2.76. The molecule has 23 heavy (non-hydrogen) atoms. The molecule has 0 aromatic heterocycles. The van der Waals surface area contributed by atoms with E-state index in [1.165, 1.54) is 26.4 Å². The zero-order valence-electron chi connectivity index (χ0n) is 13.1. The van der Waals surface area contributed by atoms with E-state index in [1.807, 2.05) is 0 Å². The van der Waals surface area contributed by atoms with Crippen molar-refractivity contribution in [3.05, 3.63) is 53.6 Å². The fourth-order valence-corrected chi connectivity index (χ4v) is 1.97. The lowest BCUT2D eigenvalue weighted by Gasteiger charge is -2.11. The minimum Gasteiger partial charge on any atom is -0.497 e. The Bertz CT molecular complexity index is 709. The molecule has 6 nitrogen and oxygen atoms in total. The zero-order chi connectivity index (χ0) is 16.8. The molecular formula is C17H17NO5. The maximum absolute atomic E-state index is 12.3. The number of methoxy groups -OCH3 is 3. The van der Waals surface area contributed by atoms with Gasteiger partial charge < -0.3 is 19.5 Å². The van der Waals surface area contributed by atoms with Gasteiger partial charge in [0.2, 0.25) is 0 Å². The third kappa shape index (κ3) is 3.79. The van der Waals surface area contributed by atoms with Crippen LogP contribution < -0.4 is 14.8 Å². The number of esters is 1. The van der Waals surface area contributed by atoms with Gasteiger partial charge in [0, 0.05) is 11.6 Å². The van der Waals surface area contributed by atoms with Gasteiger partial charge in [-0.2, -0.15) is 0 Å². The van der Waals surface area contributed by atoms with Crippen LogP contribution in [-0.2, 0) is 4.74 Å². The Kier molecular flexibility index (Phi) is 5.19. The van der Waals surface area contributed by atoms with Crippen molar-refractivity contribution in [3.63, 3.8) is 0 Å². The topological polar surface area (TPSA) is 73.9 Å². The minimum atomic E-state index is -0.450. The monoisotopic (exact) mass is 315 g/mol. The van der Waals surface area contributed by atoms with Gasteiger partial charge in [-0.25, -0.2) is 4.79 Å². The van der Waals surface area contributed by atoms with E-state index in [1.54, 1.807) is 37.4 Å². The second kappa shape index (κ2) is 7.31. The van der Waals surface area contributed by atoms with Crippen molar-refractivity contribution >= 4 is 17.6 Å². The van der Waals surface area contributed by atoms with E-state index in [2.05, 4.69) is 10.1 Å². The second-order valence-electron chi connectivity index (χ2n) is 4.59. The molecule has 0 fully saturated rings. The van der Waals surface area contributed by atoms with Crippen LogP contribution in [-0.4, -0.2) is 33.2 Å². The summed E-state index contributed by atoms with van der Waals surface area (Å²) in [5.74, 6) is 0.352. The van der Waals surface area contributed by atoms with Crippen LogP contribution >= 0.6 is 0 Å². The lowest BCUT2D eigenvalue weighted by atomic mass is 10.1. The van der Waals surface area contributed by atoms with E-state index < -0.39 is 5.97 Å². The Morgan fingerprint density at radius 3 is 2.09 bits per heavy atom. The molecule has 120 valence electrons. The largest absolute Gasteiger partial charge is 0.497 e. The quantitative estimate of drug-likeness (QED) is 0.859. The van der Waals surface area contributed by atoms with Gasteiger partial charge in [-0.3, -0.25) is 4.79 Å². The maximum Gasteiger partial charge on any atom is 0.337 e. The number of carbonyl (C=O) groups is 2. The highest BCUT2D eigenvalue weighted by Crippen LogP contribution is 2.29. The highest BCUT2D eigenvalue weighted by Gasteiger charge is 2.12. The number of amides is 1. The summed E-state index contributed by atoms with van der Waals surface area (Å²) >= 11 is 0. The predicted octanol–water partition coefficient (Wildman–Crippen LogP) is 2.74. The van der Waals surface area contributed by atoms with Gasteiger partial charge in [0.1, 0.15) is 11.5 Å². The molecule has 2 aromatic carbocycles. The summed E-state index contributed by atoms with van der Waals surface area (Å²) in [6, 6.07) is 11.3. The van der Waals surface area contributed by atoms with Gasteiger partial charge in [0.15, 0.2) is 0 Å². The molecule has 1 amide bonds. The van der Waals surface area contributed by atoms with Crippen molar-refractivity contribution in [2.24, 2.45) is 0 Å². The highest BCUT2D eigenvalue weighted by atomic mass is 16.5. The number of carbonyl (C=O) groups excluding carboxylic acids is 2. The Hall–Kier alpha value is -3.02. The van der Waals surface area contributed by atoms with Crippen LogP contribution in [0.25, 0.3) is 0 Å². The summed E-state index contributed by atoms with van der Waals surface area (Å²) in [6.45, 7) is 0. The molecule has 0 bridgehead atoms. The van der Waals surface area contributed by atoms with Gasteiger partial charge in [-0.15, -0.1) is 0 Å². The standard InChI is InChI=1S/C17H17NO5/c1-21-13-8-9-14(15(10-13)22-2)18-16(19)11-4-6-12(7-5-11)17(20)23-3/h4-10H,1-3H3,(H,18,19). The number of ether oxygens (including phenoxy) is 3. The molecule has 0 atom stereocenters. The smallest absolute Gasteiger partial charge is 0.337 e. The van der Waals surface area contributed by atoms with Crippen LogP contribution in [0.1, 0.15) is 20.7 Å². The third-order valence-electron chi connectivity index (χ3n) is 3.23. The lowest BCUT2D eigenvalue weighted by Crippen LogP contribution is -2.13. The van der Waals surface area contributed by atoms with Gasteiger partial charge in [-0.05, 0) is 36.4 Å². The van der Waals surface area contributed by atoms with E-state index in [-0.39, 0.29) is 5.91 Å². The number of hydrogen-bond acceptors (Lipinski definition) is 5. The van der Waals surface area contributed by atoms with Gasteiger partial charge in [-0.1, -0.05) is 0 Å². The molecule has 2 rings (SSSR count). The fourth-order valence-electron chi connectivity index (χ4n) is 1.97. The molecule has 0 saturated heterocycles. The van der Waals surface area contributed by atoms with Gasteiger partial charge in [0.25, 0.3) is 5.91 Å². The van der Waals surface area contributed by atoms with Crippen molar-refractivity contribution in [2.45, 2.75) is 0 Å². The van der Waals surface area contributed by atoms with Crippen LogP contribution in [0.4, 0.5) is 5.69 Å². The molecule has 6 heteroatoms. The minimum absolute atomic E-state index is 0.315. The summed E-state index contributed by atoms with van der Waals surface area (Å²) in [4.78, 5) is 23.7. The normalized spacial score (nSPS) is 9.87. The Balaban J connectivity index is 2.17. The molecule has 0 saturated carbocycles. The van der Waals surface area contributed by atoms with E-state index in [4.69, 9.17) is 9.47 Å². The zero-order valence-corrected chi connectivity index (χ0v) is 13.1. The average Bonchev–Trinajstić information content (AvgIpc) is 2.61. The van der Waals surface area contributed by atoms with Crippen molar-refractivity contribution < 1.29 is 23.8 Å². The summed E-state index contributed by atoms with van der Waals surface area (Å²) in [6.07, 6.45) is 0. The van der Waals surface area contributed by atoms with Crippen molar-refractivity contribution in [1.82, 2.24) is 0 Å². The average molecular weight is 315 g/mol. The SMILES string of the molecule is COC(=O)c1ccc(C(=O)Nc2ccc(OC)cc2OC)cc1. The van der Waals surface area contributed by atoms with E-state index in [0.717, 1.165) is 0 Å². The first-order valence-electron chi connectivity index (χ1n) is 6.80. The fraction of sp³-hybridized carbons (Fsp3) is 0.176. The van der Waals surface area contributed by atoms with Crippen LogP contribution in [0.5, 0.6) is 11.5 Å². The van der Waals surface area contributed by atoms with Gasteiger partial charge >= 0.3 is 5.97 Å². The highest BCUT2D eigenvalue weighted by molar-refractivity contribution is 6.05. The van der Waals surface area contributed by atoms with E-state index >= 15 is 0 Å². The number of anilines is 1. The first-order valence-corrected chi connectivity index (χ1v) is 6.80. The molecule has 0 aliphatic rings. The summed E-state index contributed by atoms with van der Waals surface area (Å²) in [7, 11) is 4.37. The van der Waals surface area contributed by atoms with Crippen LogP contribution in [0.3, 0.4) is 0 Å². The molecule has 0 aliphatic heterocycles. The summed E-state index contributed by atoms with van der Waals surface area (Å²) < 4.78 is 15.0. The number of hydrogen-bond donors (Lipinski definition) is 1. The third-order valence-corrected chi connectivity index (χ3v) is 3.23.